The molecular formula is C18H17FN2O2S. The Morgan fingerprint density at radius 1 is 1.17 bits per heavy atom. The van der Waals surface area contributed by atoms with Crippen LogP contribution in [0.15, 0.2) is 57.9 Å². The highest BCUT2D eigenvalue weighted by atomic mass is 32.2. The normalized spacial score (nSPS) is 10.9. The molecule has 0 aliphatic heterocycles. The third-order valence-electron chi connectivity index (χ3n) is 3.51. The fourth-order valence-electron chi connectivity index (χ4n) is 2.30. The van der Waals surface area contributed by atoms with E-state index in [9.17, 15) is 9.18 Å². The average molecular weight is 344 g/mol. The minimum Gasteiger partial charge on any atom is -0.356 e. The van der Waals surface area contributed by atoms with Gasteiger partial charge in [-0.2, -0.15) is 0 Å². The van der Waals surface area contributed by atoms with Gasteiger partial charge in [-0.05, 0) is 48.6 Å². The average Bonchev–Trinajstić information content (AvgIpc) is 2.99. The maximum atomic E-state index is 12.8. The van der Waals surface area contributed by atoms with Crippen LogP contribution < -0.4 is 5.32 Å². The molecule has 1 amide bonds. The molecule has 0 fully saturated rings. The van der Waals surface area contributed by atoms with E-state index in [4.69, 9.17) is 4.52 Å². The van der Waals surface area contributed by atoms with Gasteiger partial charge in [-0.25, -0.2) is 4.39 Å². The molecule has 124 valence electrons. The van der Waals surface area contributed by atoms with Crippen molar-refractivity contribution in [3.8, 4) is 0 Å². The van der Waals surface area contributed by atoms with Crippen molar-refractivity contribution in [3.05, 3.63) is 60.0 Å². The predicted molar refractivity (Wildman–Crippen MR) is 92.5 cm³/mol. The van der Waals surface area contributed by atoms with Crippen molar-refractivity contribution in [3.63, 3.8) is 0 Å². The molecule has 0 radical (unpaired) electrons. The third-order valence-corrected chi connectivity index (χ3v) is 4.60. The fourth-order valence-corrected chi connectivity index (χ4v) is 3.15. The molecule has 0 bridgehead atoms. The van der Waals surface area contributed by atoms with Gasteiger partial charge in [0, 0.05) is 16.8 Å². The fraction of sp³-hybridized carbons (Fsp3) is 0.222. The highest BCUT2D eigenvalue weighted by Gasteiger charge is 2.11. The summed E-state index contributed by atoms with van der Waals surface area (Å²) in [7, 11) is 0. The number of fused-ring (bicyclic) bond motifs is 1. The molecule has 1 heterocycles. The molecule has 0 atom stereocenters. The Morgan fingerprint density at radius 3 is 2.79 bits per heavy atom. The van der Waals surface area contributed by atoms with Gasteiger partial charge in [0.05, 0.1) is 6.42 Å². The van der Waals surface area contributed by atoms with E-state index in [0.29, 0.717) is 17.8 Å². The monoisotopic (exact) mass is 344 g/mol. The molecule has 1 aromatic heterocycles. The zero-order valence-corrected chi connectivity index (χ0v) is 13.8. The second-order valence-electron chi connectivity index (χ2n) is 5.31. The van der Waals surface area contributed by atoms with Crippen LogP contribution in [-0.2, 0) is 11.2 Å². The summed E-state index contributed by atoms with van der Waals surface area (Å²) in [6.45, 7) is 0.600. The number of para-hydroxylation sites is 1. The SMILES string of the molecule is O=C(Cc1noc2ccccc12)NCCCSc1ccc(F)cc1. The zero-order valence-electron chi connectivity index (χ0n) is 13.0. The van der Waals surface area contributed by atoms with E-state index in [-0.39, 0.29) is 18.1 Å². The number of carbonyl (C=O) groups is 1. The van der Waals surface area contributed by atoms with E-state index in [1.165, 1.54) is 12.1 Å². The largest absolute Gasteiger partial charge is 0.356 e. The van der Waals surface area contributed by atoms with Crippen molar-refractivity contribution < 1.29 is 13.7 Å². The Hall–Kier alpha value is -2.34. The molecule has 0 saturated heterocycles. The molecule has 0 unspecified atom stereocenters. The maximum absolute atomic E-state index is 12.8. The number of benzene rings is 2. The van der Waals surface area contributed by atoms with E-state index in [1.54, 1.807) is 23.9 Å². The highest BCUT2D eigenvalue weighted by molar-refractivity contribution is 7.99. The zero-order chi connectivity index (χ0) is 16.8. The van der Waals surface area contributed by atoms with Gasteiger partial charge in [0.2, 0.25) is 5.91 Å². The number of amides is 1. The van der Waals surface area contributed by atoms with E-state index in [0.717, 1.165) is 22.5 Å². The van der Waals surface area contributed by atoms with Gasteiger partial charge >= 0.3 is 0 Å². The first-order chi connectivity index (χ1) is 11.7. The van der Waals surface area contributed by atoms with Crippen molar-refractivity contribution in [2.24, 2.45) is 0 Å². The van der Waals surface area contributed by atoms with Crippen molar-refractivity contribution in [1.29, 1.82) is 0 Å². The number of halogens is 1. The summed E-state index contributed by atoms with van der Waals surface area (Å²) in [5.74, 6) is 0.562. The molecule has 3 rings (SSSR count). The van der Waals surface area contributed by atoms with Crippen molar-refractivity contribution in [1.82, 2.24) is 10.5 Å². The maximum Gasteiger partial charge on any atom is 0.226 e. The molecule has 0 aliphatic carbocycles. The lowest BCUT2D eigenvalue weighted by molar-refractivity contribution is -0.120. The Morgan fingerprint density at radius 2 is 1.96 bits per heavy atom. The minimum absolute atomic E-state index is 0.0687. The van der Waals surface area contributed by atoms with Crippen LogP contribution in [0.5, 0.6) is 0 Å². The first-order valence-corrected chi connectivity index (χ1v) is 8.69. The van der Waals surface area contributed by atoms with Crippen LogP contribution in [0.4, 0.5) is 4.39 Å². The number of hydrogen-bond donors (Lipinski definition) is 1. The topological polar surface area (TPSA) is 55.1 Å². The lowest BCUT2D eigenvalue weighted by Crippen LogP contribution is -2.26. The van der Waals surface area contributed by atoms with Crippen molar-refractivity contribution in [2.45, 2.75) is 17.7 Å². The van der Waals surface area contributed by atoms with Crippen molar-refractivity contribution in [2.75, 3.05) is 12.3 Å². The van der Waals surface area contributed by atoms with E-state index in [1.807, 2.05) is 24.3 Å². The molecule has 0 aliphatic rings. The molecular weight excluding hydrogens is 327 g/mol. The standard InChI is InChI=1S/C18H17FN2O2S/c19-13-6-8-14(9-7-13)24-11-3-10-20-18(22)12-16-15-4-1-2-5-17(15)23-21-16/h1-2,4-9H,3,10-12H2,(H,20,22). The van der Waals surface area contributed by atoms with Crippen LogP contribution in [0.3, 0.4) is 0 Å². The summed E-state index contributed by atoms with van der Waals surface area (Å²) in [5.41, 5.74) is 1.35. The van der Waals surface area contributed by atoms with E-state index < -0.39 is 0 Å². The number of carbonyl (C=O) groups excluding carboxylic acids is 1. The van der Waals surface area contributed by atoms with Gasteiger partial charge < -0.3 is 9.84 Å². The van der Waals surface area contributed by atoms with Crippen LogP contribution in [0, 0.1) is 5.82 Å². The molecule has 1 N–H and O–H groups in total. The molecule has 0 spiro atoms. The molecule has 6 heteroatoms. The quantitative estimate of drug-likeness (QED) is 0.523. The second kappa shape index (κ2) is 7.97. The van der Waals surface area contributed by atoms with Crippen LogP contribution in [-0.4, -0.2) is 23.4 Å². The number of nitrogens with zero attached hydrogens (tertiary/aromatic N) is 1. The van der Waals surface area contributed by atoms with Gasteiger partial charge in [0.15, 0.2) is 5.58 Å². The molecule has 24 heavy (non-hydrogen) atoms. The Bertz CT molecular complexity index is 817. The van der Waals surface area contributed by atoms with Gasteiger partial charge in [-0.3, -0.25) is 4.79 Å². The van der Waals surface area contributed by atoms with E-state index in [2.05, 4.69) is 10.5 Å². The first-order valence-electron chi connectivity index (χ1n) is 7.71. The summed E-state index contributed by atoms with van der Waals surface area (Å²) in [5, 5.41) is 7.72. The lowest BCUT2D eigenvalue weighted by atomic mass is 10.1. The van der Waals surface area contributed by atoms with E-state index >= 15 is 0 Å². The predicted octanol–water partition coefficient (Wildman–Crippen LogP) is 3.81. The summed E-state index contributed by atoms with van der Waals surface area (Å²) < 4.78 is 18.0. The van der Waals surface area contributed by atoms with Crippen molar-refractivity contribution >= 4 is 28.6 Å². The number of thioether (sulfide) groups is 1. The molecule has 0 saturated carbocycles. The second-order valence-corrected chi connectivity index (χ2v) is 6.48. The van der Waals surface area contributed by atoms with Crippen LogP contribution in [0.25, 0.3) is 11.0 Å². The molecule has 2 aromatic carbocycles. The third kappa shape index (κ3) is 4.35. The first kappa shape index (κ1) is 16.5. The Labute approximate surface area is 143 Å². The number of nitrogens with one attached hydrogen (secondary N) is 1. The van der Waals surface area contributed by atoms with Crippen LogP contribution in [0.2, 0.25) is 0 Å². The van der Waals surface area contributed by atoms with Gasteiger partial charge in [-0.15, -0.1) is 11.8 Å². The lowest BCUT2D eigenvalue weighted by Gasteiger charge is -2.04. The van der Waals surface area contributed by atoms with Gasteiger partial charge in [0.1, 0.15) is 11.5 Å². The Balaban J connectivity index is 1.39. The van der Waals surface area contributed by atoms with Crippen LogP contribution >= 0.6 is 11.8 Å². The van der Waals surface area contributed by atoms with Gasteiger partial charge in [0.25, 0.3) is 0 Å². The molecule has 3 aromatic rings. The Kier molecular flexibility index (Phi) is 5.48. The summed E-state index contributed by atoms with van der Waals surface area (Å²) in [6.07, 6.45) is 1.05. The summed E-state index contributed by atoms with van der Waals surface area (Å²) in [4.78, 5) is 13.0. The minimum atomic E-state index is -0.230. The number of hydrogen-bond acceptors (Lipinski definition) is 4. The molecule has 4 nitrogen and oxygen atoms in total. The van der Waals surface area contributed by atoms with Gasteiger partial charge in [-0.1, -0.05) is 17.3 Å². The highest BCUT2D eigenvalue weighted by Crippen LogP contribution is 2.19. The van der Waals surface area contributed by atoms with Crippen LogP contribution in [0.1, 0.15) is 12.1 Å². The summed E-state index contributed by atoms with van der Waals surface area (Å²) >= 11 is 1.64. The number of rotatable bonds is 7. The number of aromatic nitrogens is 1. The summed E-state index contributed by atoms with van der Waals surface area (Å²) in [6, 6.07) is 13.9. The smallest absolute Gasteiger partial charge is 0.226 e.